The molecule has 2 atom stereocenters. The Morgan fingerprint density at radius 3 is 2.40 bits per heavy atom. The molecule has 0 saturated heterocycles. The highest BCUT2D eigenvalue weighted by molar-refractivity contribution is 7.86. The molecule has 0 bridgehead atoms. The number of rotatable bonds is 5. The van der Waals surface area contributed by atoms with Crippen LogP contribution in [0.15, 0.2) is 40.0 Å². The number of aryl methyl sites for hydroxylation is 1. The smallest absolute Gasteiger partial charge is 0.311 e. The van der Waals surface area contributed by atoms with Gasteiger partial charge in [0.15, 0.2) is 16.6 Å². The van der Waals surface area contributed by atoms with Crippen molar-refractivity contribution in [2.24, 2.45) is 0 Å². The van der Waals surface area contributed by atoms with Crippen LogP contribution in [0.25, 0.3) is 0 Å². The van der Waals surface area contributed by atoms with Crippen LogP contribution in [0.4, 0.5) is 13.2 Å². The molecule has 0 aliphatic rings. The number of ketones is 1. The molecule has 1 N–H and O–H groups in total. The number of alkyl halides is 3. The van der Waals surface area contributed by atoms with Gasteiger partial charge in [0.2, 0.25) is 0 Å². The molecule has 0 fully saturated rings. The first-order chi connectivity index (χ1) is 11.6. The standard InChI is InChI=1S/C16H15F3N2O3S/c1-9(7-14(22)13-8-15(23)21-10(2)20-13)11-3-5-12(6-4-11)25(24)16(17,18)19/h3-6,8-9H,7H2,1-2H3,(H,20,21,23)/t9-,25?/m0/s1. The summed E-state index contributed by atoms with van der Waals surface area (Å²) in [7, 11) is -3.08. The van der Waals surface area contributed by atoms with Crippen molar-refractivity contribution in [1.29, 1.82) is 0 Å². The fourth-order valence-electron chi connectivity index (χ4n) is 2.28. The van der Waals surface area contributed by atoms with Gasteiger partial charge >= 0.3 is 5.51 Å². The summed E-state index contributed by atoms with van der Waals surface area (Å²) in [4.78, 5) is 29.7. The van der Waals surface area contributed by atoms with E-state index < -0.39 is 21.9 Å². The molecule has 0 spiro atoms. The number of aromatic nitrogens is 2. The fraction of sp³-hybridized carbons (Fsp3) is 0.312. The van der Waals surface area contributed by atoms with E-state index in [0.29, 0.717) is 11.4 Å². The summed E-state index contributed by atoms with van der Waals surface area (Å²) in [6, 6.07) is 6.20. The molecular formula is C16H15F3N2O3S. The lowest BCUT2D eigenvalue weighted by Crippen LogP contribution is -2.16. The molecule has 2 aromatic rings. The Bertz CT molecular complexity index is 860. The van der Waals surface area contributed by atoms with E-state index in [1.54, 1.807) is 13.8 Å². The van der Waals surface area contributed by atoms with Gasteiger partial charge in [-0.25, -0.2) is 9.19 Å². The molecule has 0 radical (unpaired) electrons. The summed E-state index contributed by atoms with van der Waals surface area (Å²) in [5.41, 5.74) is -4.57. The van der Waals surface area contributed by atoms with E-state index in [0.717, 1.165) is 18.2 Å². The second-order valence-electron chi connectivity index (χ2n) is 5.53. The van der Waals surface area contributed by atoms with Gasteiger partial charge in [-0.2, -0.15) is 13.2 Å². The van der Waals surface area contributed by atoms with Gasteiger partial charge in [-0.3, -0.25) is 9.59 Å². The minimum atomic E-state index is -4.81. The second-order valence-corrected chi connectivity index (χ2v) is 7.00. The summed E-state index contributed by atoms with van der Waals surface area (Å²) in [6.45, 7) is 3.29. The number of hydrogen-bond acceptors (Lipinski definition) is 4. The van der Waals surface area contributed by atoms with E-state index in [4.69, 9.17) is 0 Å². The first kappa shape index (κ1) is 19.0. The van der Waals surface area contributed by atoms with Crippen molar-refractivity contribution in [3.63, 3.8) is 0 Å². The van der Waals surface area contributed by atoms with Crippen LogP contribution in [0, 0.1) is 6.92 Å². The average Bonchev–Trinajstić information content (AvgIpc) is 2.52. The highest BCUT2D eigenvalue weighted by atomic mass is 32.2. The van der Waals surface area contributed by atoms with E-state index in [-0.39, 0.29) is 28.7 Å². The van der Waals surface area contributed by atoms with Crippen LogP contribution in [0.1, 0.15) is 41.1 Å². The van der Waals surface area contributed by atoms with Crippen molar-refractivity contribution in [1.82, 2.24) is 9.97 Å². The highest BCUT2D eigenvalue weighted by Gasteiger charge is 2.37. The third kappa shape index (κ3) is 4.85. The minimum Gasteiger partial charge on any atom is -0.311 e. The van der Waals surface area contributed by atoms with E-state index >= 15 is 0 Å². The Labute approximate surface area is 143 Å². The summed E-state index contributed by atoms with van der Waals surface area (Å²) in [6.07, 6.45) is 0.0393. The molecule has 0 aliphatic heterocycles. The van der Waals surface area contributed by atoms with Gasteiger partial charge in [-0.1, -0.05) is 19.1 Å². The van der Waals surface area contributed by atoms with Crippen LogP contribution < -0.4 is 5.56 Å². The molecule has 0 aliphatic carbocycles. The first-order valence-electron chi connectivity index (χ1n) is 7.27. The molecule has 5 nitrogen and oxygen atoms in total. The van der Waals surface area contributed by atoms with Gasteiger partial charge in [0.25, 0.3) is 5.56 Å². The first-order valence-corrected chi connectivity index (χ1v) is 8.42. The Kier molecular flexibility index (Phi) is 5.56. The monoisotopic (exact) mass is 372 g/mol. The predicted molar refractivity (Wildman–Crippen MR) is 85.9 cm³/mol. The van der Waals surface area contributed by atoms with Crippen molar-refractivity contribution < 1.29 is 22.2 Å². The maximum atomic E-state index is 12.4. The highest BCUT2D eigenvalue weighted by Crippen LogP contribution is 2.28. The van der Waals surface area contributed by atoms with Gasteiger partial charge in [-0.05, 0) is 30.5 Å². The van der Waals surface area contributed by atoms with Crippen molar-refractivity contribution >= 4 is 16.6 Å². The SMILES string of the molecule is Cc1nc(C(=O)C[C@H](C)c2ccc(S(=O)C(F)(F)F)cc2)cc(=O)[nH]1. The van der Waals surface area contributed by atoms with Gasteiger partial charge in [0, 0.05) is 17.4 Å². The molecular weight excluding hydrogens is 357 g/mol. The number of nitrogens with one attached hydrogen (secondary N) is 1. The van der Waals surface area contributed by atoms with Gasteiger partial charge in [0.1, 0.15) is 11.5 Å². The lowest BCUT2D eigenvalue weighted by Gasteiger charge is -2.12. The Morgan fingerprint density at radius 2 is 1.88 bits per heavy atom. The second kappa shape index (κ2) is 7.30. The largest absolute Gasteiger partial charge is 0.475 e. The molecule has 9 heteroatoms. The normalized spacial score (nSPS) is 14.1. The number of H-pyrrole nitrogens is 1. The van der Waals surface area contributed by atoms with Crippen molar-refractivity contribution in [2.45, 2.75) is 36.6 Å². The summed E-state index contributed by atoms with van der Waals surface area (Å²) < 4.78 is 48.6. The molecule has 1 unspecified atom stereocenters. The number of halogens is 3. The van der Waals surface area contributed by atoms with Gasteiger partial charge in [-0.15, -0.1) is 0 Å². The summed E-state index contributed by atoms with van der Waals surface area (Å²) >= 11 is 0. The Morgan fingerprint density at radius 1 is 1.28 bits per heavy atom. The molecule has 1 aromatic heterocycles. The quantitative estimate of drug-likeness (QED) is 0.818. The van der Waals surface area contributed by atoms with E-state index in [1.165, 1.54) is 12.1 Å². The van der Waals surface area contributed by atoms with E-state index in [9.17, 15) is 27.0 Å². The molecule has 134 valence electrons. The van der Waals surface area contributed by atoms with Gasteiger partial charge < -0.3 is 4.98 Å². The minimum absolute atomic E-state index is 0.0393. The number of benzene rings is 1. The number of nitrogens with zero attached hydrogens (tertiary/aromatic N) is 1. The van der Waals surface area contributed by atoms with Crippen molar-refractivity contribution in [2.75, 3.05) is 0 Å². The number of hydrogen-bond donors (Lipinski definition) is 1. The molecule has 0 amide bonds. The van der Waals surface area contributed by atoms with Crippen LogP contribution in [0.2, 0.25) is 0 Å². The third-order valence-electron chi connectivity index (χ3n) is 3.51. The van der Waals surface area contributed by atoms with Crippen LogP contribution >= 0.6 is 0 Å². The van der Waals surface area contributed by atoms with Crippen molar-refractivity contribution in [3.8, 4) is 0 Å². The maximum absolute atomic E-state index is 12.4. The summed E-state index contributed by atoms with van der Waals surface area (Å²) in [5, 5.41) is 0. The number of Topliss-reactive ketones (excluding diaryl/α,β-unsaturated/α-hetero) is 1. The average molecular weight is 372 g/mol. The van der Waals surface area contributed by atoms with Gasteiger partial charge in [0.05, 0.1) is 0 Å². The lowest BCUT2D eigenvalue weighted by atomic mass is 9.95. The Balaban J connectivity index is 2.13. The Hall–Kier alpha value is -2.29. The number of aromatic amines is 1. The van der Waals surface area contributed by atoms with Crippen LogP contribution in [0.3, 0.4) is 0 Å². The fourth-order valence-corrected chi connectivity index (χ4v) is 2.93. The number of carbonyl (C=O) groups excluding carboxylic acids is 1. The zero-order valence-electron chi connectivity index (χ0n) is 13.4. The molecule has 25 heavy (non-hydrogen) atoms. The lowest BCUT2D eigenvalue weighted by molar-refractivity contribution is -0.0384. The van der Waals surface area contributed by atoms with Crippen LogP contribution in [-0.2, 0) is 10.8 Å². The zero-order valence-corrected chi connectivity index (χ0v) is 14.2. The van der Waals surface area contributed by atoms with Crippen LogP contribution in [-0.4, -0.2) is 25.5 Å². The van der Waals surface area contributed by atoms with Crippen molar-refractivity contribution in [3.05, 3.63) is 57.8 Å². The molecule has 1 aromatic carbocycles. The van der Waals surface area contributed by atoms with E-state index in [2.05, 4.69) is 9.97 Å². The molecule has 0 saturated carbocycles. The molecule has 2 rings (SSSR count). The third-order valence-corrected chi connectivity index (χ3v) is 4.63. The van der Waals surface area contributed by atoms with Crippen LogP contribution in [0.5, 0.6) is 0 Å². The summed E-state index contributed by atoms with van der Waals surface area (Å²) in [5.74, 6) is -0.325. The van der Waals surface area contributed by atoms with E-state index in [1.807, 2.05) is 0 Å². The predicted octanol–water partition coefficient (Wildman–Crippen LogP) is 3.08. The zero-order chi connectivity index (χ0) is 18.8. The topological polar surface area (TPSA) is 79.9 Å². The maximum Gasteiger partial charge on any atom is 0.475 e. The number of carbonyl (C=O) groups is 1. The molecule has 1 heterocycles.